The Balaban J connectivity index is 1.43. The second-order valence-electron chi connectivity index (χ2n) is 8.20. The van der Waals surface area contributed by atoms with Crippen molar-refractivity contribution >= 4 is 5.91 Å². The number of carbonyl (C=O) groups is 1. The van der Waals surface area contributed by atoms with Gasteiger partial charge in [-0.15, -0.1) is 0 Å². The predicted molar refractivity (Wildman–Crippen MR) is 115 cm³/mol. The molecule has 0 radical (unpaired) electrons. The van der Waals surface area contributed by atoms with Gasteiger partial charge in [0, 0.05) is 36.8 Å². The molecule has 29 heavy (non-hydrogen) atoms. The highest BCUT2D eigenvalue weighted by molar-refractivity contribution is 5.78. The van der Waals surface area contributed by atoms with Crippen LogP contribution in [0.4, 0.5) is 0 Å². The summed E-state index contributed by atoms with van der Waals surface area (Å²) in [5, 5.41) is 0. The molecule has 2 saturated heterocycles. The highest BCUT2D eigenvalue weighted by atomic mass is 16.5. The lowest BCUT2D eigenvalue weighted by Crippen LogP contribution is -2.45. The van der Waals surface area contributed by atoms with Crippen molar-refractivity contribution in [2.24, 2.45) is 0 Å². The number of aromatic nitrogens is 1. The fourth-order valence-corrected chi connectivity index (χ4v) is 4.50. The molecule has 1 amide bonds. The SMILES string of the molecule is COc1cccc(-c2cccc([C@@H]3CCCN(CC(=O)N4CCCCC4)C3)n2)c1. The van der Waals surface area contributed by atoms with E-state index in [9.17, 15) is 4.79 Å². The maximum atomic E-state index is 12.7. The summed E-state index contributed by atoms with van der Waals surface area (Å²) >= 11 is 0. The van der Waals surface area contributed by atoms with Crippen LogP contribution in [0.25, 0.3) is 11.3 Å². The Hall–Kier alpha value is -2.40. The molecule has 0 unspecified atom stereocenters. The van der Waals surface area contributed by atoms with Crippen molar-refractivity contribution in [2.75, 3.05) is 39.8 Å². The molecule has 1 atom stereocenters. The number of likely N-dealkylation sites (tertiary alicyclic amines) is 2. The number of carbonyl (C=O) groups excluding carboxylic acids is 1. The lowest BCUT2D eigenvalue weighted by molar-refractivity contribution is -0.133. The molecule has 154 valence electrons. The van der Waals surface area contributed by atoms with Gasteiger partial charge in [0.15, 0.2) is 0 Å². The van der Waals surface area contributed by atoms with E-state index in [2.05, 4.69) is 34.1 Å². The quantitative estimate of drug-likeness (QED) is 0.772. The Bertz CT molecular complexity index is 832. The van der Waals surface area contributed by atoms with Crippen LogP contribution >= 0.6 is 0 Å². The molecule has 2 aromatic rings. The van der Waals surface area contributed by atoms with Crippen molar-refractivity contribution in [3.05, 3.63) is 48.2 Å². The number of rotatable bonds is 5. The Kier molecular flexibility index (Phi) is 6.45. The van der Waals surface area contributed by atoms with Crippen molar-refractivity contribution in [1.29, 1.82) is 0 Å². The Morgan fingerprint density at radius 3 is 2.72 bits per heavy atom. The molecule has 1 aromatic heterocycles. The fourth-order valence-electron chi connectivity index (χ4n) is 4.50. The zero-order valence-electron chi connectivity index (χ0n) is 17.3. The van der Waals surface area contributed by atoms with E-state index in [-0.39, 0.29) is 0 Å². The summed E-state index contributed by atoms with van der Waals surface area (Å²) < 4.78 is 5.35. The minimum absolute atomic E-state index is 0.295. The normalized spacial score (nSPS) is 20.4. The van der Waals surface area contributed by atoms with Crippen LogP contribution in [0, 0.1) is 0 Å². The first-order valence-electron chi connectivity index (χ1n) is 10.8. The largest absolute Gasteiger partial charge is 0.497 e. The second kappa shape index (κ2) is 9.40. The number of hydrogen-bond acceptors (Lipinski definition) is 4. The van der Waals surface area contributed by atoms with Gasteiger partial charge in [0.25, 0.3) is 0 Å². The molecule has 1 aromatic carbocycles. The lowest BCUT2D eigenvalue weighted by Gasteiger charge is -2.34. The number of pyridine rings is 1. The van der Waals surface area contributed by atoms with E-state index < -0.39 is 0 Å². The van der Waals surface area contributed by atoms with Crippen molar-refractivity contribution in [3.8, 4) is 17.0 Å². The number of benzene rings is 1. The van der Waals surface area contributed by atoms with Crippen molar-refractivity contribution in [1.82, 2.24) is 14.8 Å². The molecule has 0 saturated carbocycles. The van der Waals surface area contributed by atoms with Gasteiger partial charge in [-0.25, -0.2) is 0 Å². The average molecular weight is 394 g/mol. The maximum Gasteiger partial charge on any atom is 0.236 e. The van der Waals surface area contributed by atoms with Gasteiger partial charge >= 0.3 is 0 Å². The molecule has 2 fully saturated rings. The van der Waals surface area contributed by atoms with E-state index >= 15 is 0 Å². The van der Waals surface area contributed by atoms with Gasteiger partial charge in [0.2, 0.25) is 5.91 Å². The molecule has 5 nitrogen and oxygen atoms in total. The highest BCUT2D eigenvalue weighted by Crippen LogP contribution is 2.28. The van der Waals surface area contributed by atoms with Crippen molar-refractivity contribution in [2.45, 2.75) is 38.0 Å². The minimum atomic E-state index is 0.295. The summed E-state index contributed by atoms with van der Waals surface area (Å²) in [5.41, 5.74) is 3.17. The molecular weight excluding hydrogens is 362 g/mol. The van der Waals surface area contributed by atoms with E-state index in [1.165, 1.54) is 6.42 Å². The Morgan fingerprint density at radius 1 is 1.07 bits per heavy atom. The van der Waals surface area contributed by atoms with Crippen molar-refractivity contribution < 1.29 is 9.53 Å². The lowest BCUT2D eigenvalue weighted by atomic mass is 9.93. The van der Waals surface area contributed by atoms with Crippen LogP contribution in [-0.4, -0.2) is 60.5 Å². The smallest absolute Gasteiger partial charge is 0.236 e. The summed E-state index contributed by atoms with van der Waals surface area (Å²) in [6.45, 7) is 4.33. The fraction of sp³-hybridized carbons (Fsp3) is 0.500. The van der Waals surface area contributed by atoms with Gasteiger partial charge < -0.3 is 9.64 Å². The van der Waals surface area contributed by atoms with Gasteiger partial charge in [-0.3, -0.25) is 14.7 Å². The number of amides is 1. The summed E-state index contributed by atoms with van der Waals surface area (Å²) in [5.74, 6) is 1.52. The standard InChI is InChI=1S/C24H31N3O2/c1-29-21-10-5-8-19(16-21)22-11-6-12-23(25-22)20-9-7-13-26(17-20)18-24(28)27-14-3-2-4-15-27/h5-6,8,10-12,16,20H,2-4,7,9,13-15,17-18H2,1H3/t20-/m1/s1. The van der Waals surface area contributed by atoms with Crippen LogP contribution in [-0.2, 0) is 4.79 Å². The van der Waals surface area contributed by atoms with Crippen LogP contribution < -0.4 is 4.74 Å². The molecule has 0 N–H and O–H groups in total. The summed E-state index contributed by atoms with van der Waals surface area (Å²) in [6.07, 6.45) is 5.79. The molecular formula is C24H31N3O2. The van der Waals surface area contributed by atoms with Crippen LogP contribution in [0.3, 0.4) is 0 Å². The Labute approximate surface area is 173 Å². The van der Waals surface area contributed by atoms with Crippen LogP contribution in [0.5, 0.6) is 5.75 Å². The number of nitrogens with zero attached hydrogens (tertiary/aromatic N) is 3. The topological polar surface area (TPSA) is 45.7 Å². The summed E-state index contributed by atoms with van der Waals surface area (Å²) in [6, 6.07) is 14.3. The number of methoxy groups -OCH3 is 1. The van der Waals surface area contributed by atoms with Crippen LogP contribution in [0.1, 0.15) is 43.7 Å². The molecule has 2 aliphatic heterocycles. The first kappa shape index (κ1) is 19.9. The van der Waals surface area contributed by atoms with Crippen LogP contribution in [0.15, 0.2) is 42.5 Å². The third kappa shape index (κ3) is 4.96. The first-order valence-corrected chi connectivity index (χ1v) is 10.8. The second-order valence-corrected chi connectivity index (χ2v) is 8.20. The highest BCUT2D eigenvalue weighted by Gasteiger charge is 2.26. The molecule has 0 bridgehead atoms. The monoisotopic (exact) mass is 393 g/mol. The zero-order valence-corrected chi connectivity index (χ0v) is 17.3. The third-order valence-electron chi connectivity index (χ3n) is 6.13. The maximum absolute atomic E-state index is 12.7. The van der Waals surface area contributed by atoms with E-state index in [4.69, 9.17) is 9.72 Å². The molecule has 5 heteroatoms. The third-order valence-corrected chi connectivity index (χ3v) is 6.13. The van der Waals surface area contributed by atoms with Gasteiger partial charge in [0.1, 0.15) is 5.75 Å². The first-order chi connectivity index (χ1) is 14.2. The molecule has 4 rings (SSSR count). The number of hydrogen-bond donors (Lipinski definition) is 0. The van der Waals surface area contributed by atoms with E-state index in [1.807, 2.05) is 18.2 Å². The van der Waals surface area contributed by atoms with Gasteiger partial charge in [-0.05, 0) is 62.9 Å². The molecule has 0 aliphatic carbocycles. The zero-order chi connectivity index (χ0) is 20.1. The van der Waals surface area contributed by atoms with E-state index in [0.717, 1.165) is 74.6 Å². The summed E-state index contributed by atoms with van der Waals surface area (Å²) in [7, 11) is 1.69. The van der Waals surface area contributed by atoms with E-state index in [0.29, 0.717) is 18.4 Å². The van der Waals surface area contributed by atoms with Crippen LogP contribution in [0.2, 0.25) is 0 Å². The van der Waals surface area contributed by atoms with Gasteiger partial charge in [-0.2, -0.15) is 0 Å². The molecule has 3 heterocycles. The van der Waals surface area contributed by atoms with Gasteiger partial charge in [0.05, 0.1) is 19.3 Å². The number of piperidine rings is 2. The molecule has 0 spiro atoms. The van der Waals surface area contributed by atoms with Crippen molar-refractivity contribution in [3.63, 3.8) is 0 Å². The predicted octanol–water partition coefficient (Wildman–Crippen LogP) is 3.95. The Morgan fingerprint density at radius 2 is 1.90 bits per heavy atom. The summed E-state index contributed by atoms with van der Waals surface area (Å²) in [4.78, 5) is 22.0. The number of ether oxygens (including phenoxy) is 1. The minimum Gasteiger partial charge on any atom is -0.497 e. The van der Waals surface area contributed by atoms with E-state index in [1.54, 1.807) is 7.11 Å². The molecule has 2 aliphatic rings. The average Bonchev–Trinajstić information content (AvgIpc) is 2.80. The van der Waals surface area contributed by atoms with Gasteiger partial charge in [-0.1, -0.05) is 18.2 Å².